The number of sulfonamides is 1. The lowest BCUT2D eigenvalue weighted by molar-refractivity contribution is -0.138. The fourth-order valence-electron chi connectivity index (χ4n) is 2.01. The Bertz CT molecular complexity index is 793. The molecular formula is C14H15F2N3O4S. The summed E-state index contributed by atoms with van der Waals surface area (Å²) >= 11 is 0. The minimum absolute atomic E-state index is 0.0550. The Morgan fingerprint density at radius 3 is 2.54 bits per heavy atom. The Labute approximate surface area is 137 Å². The van der Waals surface area contributed by atoms with E-state index in [-0.39, 0.29) is 11.3 Å². The summed E-state index contributed by atoms with van der Waals surface area (Å²) < 4.78 is 51.8. The molecule has 24 heavy (non-hydrogen) atoms. The van der Waals surface area contributed by atoms with Crippen molar-refractivity contribution in [3.8, 4) is 0 Å². The molecule has 10 heteroatoms. The minimum Gasteiger partial charge on any atom is -0.480 e. The molecule has 0 unspecified atom stereocenters. The summed E-state index contributed by atoms with van der Waals surface area (Å²) in [6.07, 6.45) is -0.916. The standard InChI is InChI=1S/C14H15F2N3O4S/c15-13(16)9-19-8-11(7-17-19)24(22,23)18-12(14(20)21)6-10-4-2-1-3-5-10/h1-5,7-8,12-13,18H,6,9H2,(H,20,21)/t12-/m0/s1. The van der Waals surface area contributed by atoms with Gasteiger partial charge in [0.2, 0.25) is 10.0 Å². The van der Waals surface area contributed by atoms with Crippen molar-refractivity contribution in [3.05, 3.63) is 48.3 Å². The molecule has 0 amide bonds. The van der Waals surface area contributed by atoms with Crippen molar-refractivity contribution in [2.75, 3.05) is 0 Å². The summed E-state index contributed by atoms with van der Waals surface area (Å²) in [5.41, 5.74) is 0.640. The van der Waals surface area contributed by atoms with Gasteiger partial charge in [-0.25, -0.2) is 17.2 Å². The second-order valence-corrected chi connectivity index (χ2v) is 6.70. The summed E-state index contributed by atoms with van der Waals surface area (Å²) in [7, 11) is -4.20. The zero-order valence-corrected chi connectivity index (χ0v) is 13.2. The number of benzene rings is 1. The Kier molecular flexibility index (Phi) is 5.62. The van der Waals surface area contributed by atoms with Crippen LogP contribution in [0.3, 0.4) is 0 Å². The summed E-state index contributed by atoms with van der Waals surface area (Å²) in [5.74, 6) is -1.34. The van der Waals surface area contributed by atoms with E-state index in [1.54, 1.807) is 30.3 Å². The van der Waals surface area contributed by atoms with Gasteiger partial charge in [-0.15, -0.1) is 0 Å². The molecule has 2 rings (SSSR count). The molecule has 2 N–H and O–H groups in total. The van der Waals surface area contributed by atoms with Gasteiger partial charge in [0.05, 0.1) is 6.20 Å². The highest BCUT2D eigenvalue weighted by molar-refractivity contribution is 7.89. The molecule has 0 saturated carbocycles. The zero-order valence-electron chi connectivity index (χ0n) is 12.3. The molecular weight excluding hydrogens is 344 g/mol. The van der Waals surface area contributed by atoms with Crippen LogP contribution >= 0.6 is 0 Å². The number of nitrogens with zero attached hydrogens (tertiary/aromatic N) is 2. The predicted octanol–water partition coefficient (Wildman–Crippen LogP) is 1.12. The normalized spacial score (nSPS) is 13.1. The van der Waals surface area contributed by atoms with Gasteiger partial charge in [0.25, 0.3) is 6.43 Å². The van der Waals surface area contributed by atoms with Crippen LogP contribution in [0, 0.1) is 0 Å². The van der Waals surface area contributed by atoms with Crippen LogP contribution in [-0.2, 0) is 27.8 Å². The van der Waals surface area contributed by atoms with Crippen LogP contribution in [0.25, 0.3) is 0 Å². The van der Waals surface area contributed by atoms with Gasteiger partial charge in [-0.3, -0.25) is 9.48 Å². The number of nitrogens with one attached hydrogen (secondary N) is 1. The van der Waals surface area contributed by atoms with E-state index >= 15 is 0 Å². The van der Waals surface area contributed by atoms with Gasteiger partial charge >= 0.3 is 5.97 Å². The molecule has 1 atom stereocenters. The van der Waals surface area contributed by atoms with E-state index in [1.807, 2.05) is 0 Å². The first-order chi connectivity index (χ1) is 11.3. The molecule has 0 aliphatic rings. The minimum atomic E-state index is -4.20. The van der Waals surface area contributed by atoms with Crippen LogP contribution < -0.4 is 4.72 Å². The Balaban J connectivity index is 2.15. The molecule has 0 fully saturated rings. The predicted molar refractivity (Wildman–Crippen MR) is 80.1 cm³/mol. The Morgan fingerprint density at radius 2 is 1.96 bits per heavy atom. The van der Waals surface area contributed by atoms with Crippen molar-refractivity contribution in [1.82, 2.24) is 14.5 Å². The molecule has 2 aromatic rings. The summed E-state index contributed by atoms with van der Waals surface area (Å²) in [5, 5.41) is 12.8. The lowest BCUT2D eigenvalue weighted by Crippen LogP contribution is -2.42. The monoisotopic (exact) mass is 359 g/mol. The fourth-order valence-corrected chi connectivity index (χ4v) is 3.15. The highest BCUT2D eigenvalue weighted by atomic mass is 32.2. The average Bonchev–Trinajstić information content (AvgIpc) is 2.96. The Hall–Kier alpha value is -2.33. The van der Waals surface area contributed by atoms with Crippen LogP contribution in [0.15, 0.2) is 47.6 Å². The van der Waals surface area contributed by atoms with Crippen LogP contribution in [0.1, 0.15) is 5.56 Å². The number of rotatable bonds is 8. The first-order valence-corrected chi connectivity index (χ1v) is 8.36. The van der Waals surface area contributed by atoms with Gasteiger partial charge < -0.3 is 5.11 Å². The number of halogens is 2. The molecule has 0 aliphatic carbocycles. The second-order valence-electron chi connectivity index (χ2n) is 4.99. The smallest absolute Gasteiger partial charge is 0.322 e. The molecule has 1 aromatic heterocycles. The number of hydrogen-bond acceptors (Lipinski definition) is 4. The van der Waals surface area contributed by atoms with Crippen molar-refractivity contribution < 1.29 is 27.1 Å². The first kappa shape index (κ1) is 18.0. The third kappa shape index (κ3) is 4.83. The second kappa shape index (κ2) is 7.49. The van der Waals surface area contributed by atoms with Gasteiger partial charge in [-0.05, 0) is 12.0 Å². The quantitative estimate of drug-likeness (QED) is 0.736. The van der Waals surface area contributed by atoms with E-state index in [2.05, 4.69) is 9.82 Å². The fraction of sp³-hybridized carbons (Fsp3) is 0.286. The van der Waals surface area contributed by atoms with E-state index in [1.165, 1.54) is 0 Å². The number of aromatic nitrogens is 2. The topological polar surface area (TPSA) is 101 Å². The van der Waals surface area contributed by atoms with Crippen LogP contribution in [0.2, 0.25) is 0 Å². The maximum absolute atomic E-state index is 12.3. The average molecular weight is 359 g/mol. The number of hydrogen-bond donors (Lipinski definition) is 2. The third-order valence-electron chi connectivity index (χ3n) is 3.12. The van der Waals surface area contributed by atoms with Crippen LogP contribution in [-0.4, -0.2) is 41.7 Å². The molecule has 0 radical (unpaired) electrons. The van der Waals surface area contributed by atoms with Gasteiger partial charge in [0.1, 0.15) is 17.5 Å². The Morgan fingerprint density at radius 1 is 1.29 bits per heavy atom. The maximum atomic E-state index is 12.3. The molecule has 1 heterocycles. The van der Waals surface area contributed by atoms with Crippen molar-refractivity contribution in [2.45, 2.75) is 30.3 Å². The van der Waals surface area contributed by atoms with E-state index in [9.17, 15) is 27.1 Å². The highest BCUT2D eigenvalue weighted by Gasteiger charge is 2.26. The van der Waals surface area contributed by atoms with E-state index in [4.69, 9.17) is 0 Å². The van der Waals surface area contributed by atoms with Gasteiger partial charge in [0.15, 0.2) is 0 Å². The summed E-state index contributed by atoms with van der Waals surface area (Å²) in [4.78, 5) is 10.9. The number of carbonyl (C=O) groups is 1. The number of alkyl halides is 2. The maximum Gasteiger partial charge on any atom is 0.322 e. The number of carboxylic acids is 1. The van der Waals surface area contributed by atoms with Crippen molar-refractivity contribution in [2.24, 2.45) is 0 Å². The number of aliphatic carboxylic acids is 1. The first-order valence-electron chi connectivity index (χ1n) is 6.87. The van der Waals surface area contributed by atoms with Crippen molar-refractivity contribution >= 4 is 16.0 Å². The lowest BCUT2D eigenvalue weighted by Gasteiger charge is -2.14. The molecule has 1 aromatic carbocycles. The lowest BCUT2D eigenvalue weighted by atomic mass is 10.1. The van der Waals surface area contributed by atoms with E-state index in [0.717, 1.165) is 17.1 Å². The SMILES string of the molecule is O=C(O)[C@H](Cc1ccccc1)NS(=O)(=O)c1cnn(CC(F)F)c1. The largest absolute Gasteiger partial charge is 0.480 e. The van der Waals surface area contributed by atoms with Gasteiger partial charge in [-0.2, -0.15) is 9.82 Å². The summed E-state index contributed by atoms with van der Waals surface area (Å²) in [6, 6.07) is 7.11. The van der Waals surface area contributed by atoms with E-state index in [0.29, 0.717) is 5.56 Å². The van der Waals surface area contributed by atoms with Crippen LogP contribution in [0.4, 0.5) is 8.78 Å². The molecule has 0 aliphatic heterocycles. The van der Waals surface area contributed by atoms with Crippen molar-refractivity contribution in [3.63, 3.8) is 0 Å². The van der Waals surface area contributed by atoms with Crippen molar-refractivity contribution in [1.29, 1.82) is 0 Å². The van der Waals surface area contributed by atoms with Gasteiger partial charge in [0, 0.05) is 6.20 Å². The molecule has 7 nitrogen and oxygen atoms in total. The molecule has 0 spiro atoms. The highest BCUT2D eigenvalue weighted by Crippen LogP contribution is 2.11. The molecule has 130 valence electrons. The van der Waals surface area contributed by atoms with E-state index < -0.39 is 35.0 Å². The van der Waals surface area contributed by atoms with Gasteiger partial charge in [-0.1, -0.05) is 30.3 Å². The number of carboxylic acid groups (broad SMARTS) is 1. The third-order valence-corrected chi connectivity index (χ3v) is 4.55. The zero-order chi connectivity index (χ0) is 17.7. The summed E-state index contributed by atoms with van der Waals surface area (Å²) in [6.45, 7) is -0.748. The molecule has 0 saturated heterocycles. The molecule has 0 bridgehead atoms. The van der Waals surface area contributed by atoms with Crippen LogP contribution in [0.5, 0.6) is 0 Å².